The Kier molecular flexibility index (Phi) is 3.70. The molecule has 5 heteroatoms. The van der Waals surface area contributed by atoms with Crippen molar-refractivity contribution in [2.24, 2.45) is 4.99 Å². The van der Waals surface area contributed by atoms with E-state index >= 15 is 0 Å². The minimum Gasteiger partial charge on any atom is -0.236 e. The lowest BCUT2D eigenvalue weighted by molar-refractivity contribution is 1.47. The standard InChI is InChI=1S/C14H7IN2S2/c15-10-3-1-9(2-4-10)14-17-12-6-5-11(16-8-18)7-13(12)19-14/h1-7H. The maximum Gasteiger partial charge on any atom is 0.124 e. The zero-order valence-corrected chi connectivity index (χ0v) is 13.4. The van der Waals surface area contributed by atoms with Crippen LogP contribution in [0.1, 0.15) is 0 Å². The Morgan fingerprint density at radius 3 is 2.68 bits per heavy atom. The van der Waals surface area contributed by atoms with Crippen molar-refractivity contribution in [2.75, 3.05) is 0 Å². The van der Waals surface area contributed by atoms with Crippen molar-refractivity contribution in [3.63, 3.8) is 0 Å². The number of thiazole rings is 1. The van der Waals surface area contributed by atoms with Crippen molar-refractivity contribution in [3.05, 3.63) is 46.0 Å². The van der Waals surface area contributed by atoms with E-state index in [1.165, 1.54) is 3.57 Å². The third-order valence-electron chi connectivity index (χ3n) is 2.64. The smallest absolute Gasteiger partial charge is 0.124 e. The lowest BCUT2D eigenvalue weighted by atomic mass is 10.2. The normalized spacial score (nSPS) is 10.4. The molecule has 0 aliphatic heterocycles. The molecule has 19 heavy (non-hydrogen) atoms. The molecule has 2 nitrogen and oxygen atoms in total. The Morgan fingerprint density at radius 1 is 1.16 bits per heavy atom. The summed E-state index contributed by atoms with van der Waals surface area (Å²) in [4.78, 5) is 8.63. The largest absolute Gasteiger partial charge is 0.236 e. The molecular formula is C14H7IN2S2. The van der Waals surface area contributed by atoms with Crippen molar-refractivity contribution in [2.45, 2.75) is 0 Å². The number of halogens is 1. The Bertz CT molecular complexity index is 787. The molecule has 0 amide bonds. The average Bonchev–Trinajstić information content (AvgIpc) is 2.83. The predicted molar refractivity (Wildman–Crippen MR) is 92.5 cm³/mol. The number of isothiocyanates is 1. The van der Waals surface area contributed by atoms with Gasteiger partial charge in [-0.1, -0.05) is 12.1 Å². The van der Waals surface area contributed by atoms with Crippen LogP contribution < -0.4 is 0 Å². The molecule has 92 valence electrons. The quantitative estimate of drug-likeness (QED) is 0.335. The number of aliphatic imine (C=N–C) groups is 1. The van der Waals surface area contributed by atoms with Crippen LogP contribution >= 0.6 is 46.1 Å². The van der Waals surface area contributed by atoms with Crippen molar-refractivity contribution in [3.8, 4) is 10.6 Å². The van der Waals surface area contributed by atoms with E-state index in [1.54, 1.807) is 11.3 Å². The summed E-state index contributed by atoms with van der Waals surface area (Å²) in [6, 6.07) is 14.2. The van der Waals surface area contributed by atoms with Crippen LogP contribution in [0.2, 0.25) is 0 Å². The molecule has 0 radical (unpaired) electrons. The second kappa shape index (κ2) is 5.46. The molecule has 0 saturated heterocycles. The first-order chi connectivity index (χ1) is 9.26. The first kappa shape index (κ1) is 12.9. The fourth-order valence-corrected chi connectivity index (χ4v) is 3.22. The number of hydrogen-bond acceptors (Lipinski definition) is 4. The number of rotatable bonds is 2. The minimum absolute atomic E-state index is 0.820. The first-order valence-corrected chi connectivity index (χ1v) is 7.81. The van der Waals surface area contributed by atoms with Gasteiger partial charge in [0.2, 0.25) is 0 Å². The van der Waals surface area contributed by atoms with Crippen LogP contribution in [0, 0.1) is 3.57 Å². The number of aromatic nitrogens is 1. The molecule has 0 aliphatic rings. The topological polar surface area (TPSA) is 25.2 Å². The molecule has 0 N–H and O–H groups in total. The molecule has 3 rings (SSSR count). The van der Waals surface area contributed by atoms with Crippen LogP contribution in [-0.2, 0) is 0 Å². The number of fused-ring (bicyclic) bond motifs is 1. The van der Waals surface area contributed by atoms with Gasteiger partial charge in [0.1, 0.15) is 5.01 Å². The SMILES string of the molecule is S=C=Nc1ccc2nc(-c3ccc(I)cc3)sc2c1. The van der Waals surface area contributed by atoms with Gasteiger partial charge in [0.15, 0.2) is 0 Å². The molecule has 0 fully saturated rings. The monoisotopic (exact) mass is 394 g/mol. The van der Waals surface area contributed by atoms with Crippen LogP contribution in [0.3, 0.4) is 0 Å². The first-order valence-electron chi connectivity index (χ1n) is 5.51. The molecule has 0 spiro atoms. The second-order valence-electron chi connectivity index (χ2n) is 3.88. The number of benzene rings is 2. The zero-order chi connectivity index (χ0) is 13.2. The summed E-state index contributed by atoms with van der Waals surface area (Å²) in [5.41, 5.74) is 2.95. The second-order valence-corrected chi connectivity index (χ2v) is 6.34. The Morgan fingerprint density at radius 2 is 1.95 bits per heavy atom. The summed E-state index contributed by atoms with van der Waals surface area (Å²) in [5, 5.41) is 3.41. The van der Waals surface area contributed by atoms with Gasteiger partial charge >= 0.3 is 0 Å². The lowest BCUT2D eigenvalue weighted by Crippen LogP contribution is -1.76. The fraction of sp³-hybridized carbons (Fsp3) is 0. The maximum atomic E-state index is 4.64. The van der Waals surface area contributed by atoms with Crippen LogP contribution in [0.4, 0.5) is 5.69 Å². The summed E-state index contributed by atoms with van der Waals surface area (Å²) in [6.45, 7) is 0. The highest BCUT2D eigenvalue weighted by atomic mass is 127. The average molecular weight is 394 g/mol. The summed E-state index contributed by atoms with van der Waals surface area (Å²) >= 11 is 8.58. The van der Waals surface area contributed by atoms with Gasteiger partial charge in [-0.2, -0.15) is 4.99 Å². The molecule has 2 aromatic carbocycles. The molecule has 0 aliphatic carbocycles. The van der Waals surface area contributed by atoms with Gasteiger partial charge in [0, 0.05) is 9.13 Å². The van der Waals surface area contributed by atoms with Crippen LogP contribution in [0.25, 0.3) is 20.8 Å². The Labute approximate surface area is 133 Å². The Hall–Kier alpha value is -1.14. The predicted octanol–water partition coefficient (Wildman–Crippen LogP) is 5.30. The molecule has 0 unspecified atom stereocenters. The lowest BCUT2D eigenvalue weighted by Gasteiger charge is -1.94. The van der Waals surface area contributed by atoms with Gasteiger partial charge in [-0.15, -0.1) is 11.3 Å². The van der Waals surface area contributed by atoms with E-state index in [1.807, 2.05) is 18.2 Å². The molecule has 3 aromatic rings. The van der Waals surface area contributed by atoms with E-state index in [9.17, 15) is 0 Å². The number of thiocarbonyl (C=S) groups is 1. The molecule has 0 saturated carbocycles. The summed E-state index contributed by atoms with van der Waals surface area (Å²) in [7, 11) is 0. The van der Waals surface area contributed by atoms with Crippen LogP contribution in [-0.4, -0.2) is 10.1 Å². The molecule has 1 aromatic heterocycles. The van der Waals surface area contributed by atoms with E-state index in [0.717, 1.165) is 26.5 Å². The van der Waals surface area contributed by atoms with Crippen LogP contribution in [0.15, 0.2) is 47.5 Å². The van der Waals surface area contributed by atoms with Crippen molar-refractivity contribution in [1.29, 1.82) is 0 Å². The van der Waals surface area contributed by atoms with E-state index in [0.29, 0.717) is 0 Å². The number of hydrogen-bond donors (Lipinski definition) is 0. The third-order valence-corrected chi connectivity index (χ3v) is 4.52. The summed E-state index contributed by atoms with van der Waals surface area (Å²) in [6.07, 6.45) is 0. The van der Waals surface area contributed by atoms with Gasteiger partial charge < -0.3 is 0 Å². The van der Waals surface area contributed by atoms with Crippen molar-refractivity contribution in [1.82, 2.24) is 4.98 Å². The summed E-state index contributed by atoms with van der Waals surface area (Å²) in [5.74, 6) is 0. The Balaban J connectivity index is 2.10. The van der Waals surface area contributed by atoms with E-state index in [-0.39, 0.29) is 0 Å². The highest BCUT2D eigenvalue weighted by Gasteiger charge is 2.06. The van der Waals surface area contributed by atoms with Crippen LogP contribution in [0.5, 0.6) is 0 Å². The van der Waals surface area contributed by atoms with Crippen molar-refractivity contribution >= 4 is 67.2 Å². The fourth-order valence-electron chi connectivity index (χ4n) is 1.75. The molecular weight excluding hydrogens is 387 g/mol. The molecule has 0 bridgehead atoms. The van der Waals surface area contributed by atoms with Gasteiger partial charge in [-0.3, -0.25) is 0 Å². The minimum atomic E-state index is 0.820. The van der Waals surface area contributed by atoms with Gasteiger partial charge in [-0.05, 0) is 65.1 Å². The molecule has 1 heterocycles. The zero-order valence-electron chi connectivity index (χ0n) is 9.63. The summed E-state index contributed by atoms with van der Waals surface area (Å²) < 4.78 is 2.33. The maximum absolute atomic E-state index is 4.64. The third kappa shape index (κ3) is 2.74. The highest BCUT2D eigenvalue weighted by molar-refractivity contribution is 14.1. The van der Waals surface area contributed by atoms with Gasteiger partial charge in [0.05, 0.1) is 21.1 Å². The van der Waals surface area contributed by atoms with E-state index < -0.39 is 0 Å². The van der Waals surface area contributed by atoms with Crippen molar-refractivity contribution < 1.29 is 0 Å². The number of nitrogens with zero attached hydrogens (tertiary/aromatic N) is 2. The van der Waals surface area contributed by atoms with E-state index in [2.05, 4.69) is 74.2 Å². The highest BCUT2D eigenvalue weighted by Crippen LogP contribution is 2.32. The van der Waals surface area contributed by atoms with Gasteiger partial charge in [-0.25, -0.2) is 4.98 Å². The molecule has 0 atom stereocenters. The van der Waals surface area contributed by atoms with Gasteiger partial charge in [0.25, 0.3) is 0 Å². The van der Waals surface area contributed by atoms with E-state index in [4.69, 9.17) is 0 Å².